The third-order valence-electron chi connectivity index (χ3n) is 3.20. The van der Waals surface area contributed by atoms with Crippen LogP contribution in [0.1, 0.15) is 31.8 Å². The van der Waals surface area contributed by atoms with E-state index in [9.17, 15) is 9.59 Å². The van der Waals surface area contributed by atoms with Crippen LogP contribution in [-0.2, 0) is 0 Å². The van der Waals surface area contributed by atoms with Crippen LogP contribution < -0.4 is 5.32 Å². The monoisotopic (exact) mass is 266 g/mol. The van der Waals surface area contributed by atoms with Gasteiger partial charge in [-0.15, -0.1) is 0 Å². The van der Waals surface area contributed by atoms with Gasteiger partial charge in [0.1, 0.15) is 0 Å². The molecular formula is C17H16NO2. The van der Waals surface area contributed by atoms with Crippen molar-refractivity contribution in [2.24, 2.45) is 0 Å². The first-order valence-corrected chi connectivity index (χ1v) is 6.33. The number of aryl methyl sites for hydroxylation is 2. The lowest BCUT2D eigenvalue weighted by atomic mass is 10.0. The van der Waals surface area contributed by atoms with Crippen molar-refractivity contribution < 1.29 is 9.59 Å². The first-order chi connectivity index (χ1) is 9.50. The average Bonchev–Trinajstić information content (AvgIpc) is 2.41. The Labute approximate surface area is 118 Å². The number of Topliss-reactive ketones (excluding diaryl/α,β-unsaturated/α-hetero) is 1. The van der Waals surface area contributed by atoms with Crippen LogP contribution in [0.15, 0.2) is 42.5 Å². The normalized spacial score (nSPS) is 10.2. The number of nitrogens with one attached hydrogen (secondary N) is 1. The maximum Gasteiger partial charge on any atom is 0.255 e. The second kappa shape index (κ2) is 5.70. The zero-order chi connectivity index (χ0) is 14.7. The Balaban J connectivity index is 2.38. The van der Waals surface area contributed by atoms with Crippen molar-refractivity contribution in [1.29, 1.82) is 0 Å². The van der Waals surface area contributed by atoms with Crippen LogP contribution in [0.25, 0.3) is 0 Å². The first-order valence-electron chi connectivity index (χ1n) is 6.33. The number of rotatable bonds is 3. The molecule has 2 aromatic rings. The number of amides is 1. The van der Waals surface area contributed by atoms with Gasteiger partial charge in [0.15, 0.2) is 5.78 Å². The summed E-state index contributed by atoms with van der Waals surface area (Å²) in [5.74, 6) is -0.534. The van der Waals surface area contributed by atoms with E-state index in [1.807, 2.05) is 38.1 Å². The lowest BCUT2D eigenvalue weighted by Crippen LogP contribution is -2.16. The highest BCUT2D eigenvalue weighted by atomic mass is 16.1. The van der Waals surface area contributed by atoms with Crippen LogP contribution in [-0.4, -0.2) is 11.7 Å². The van der Waals surface area contributed by atoms with Crippen LogP contribution in [0.2, 0.25) is 0 Å². The number of anilines is 1. The predicted molar refractivity (Wildman–Crippen MR) is 80.0 cm³/mol. The highest BCUT2D eigenvalue weighted by Gasteiger charge is 2.14. The molecule has 0 spiro atoms. The molecule has 0 atom stereocenters. The smallest absolute Gasteiger partial charge is 0.255 e. The summed E-state index contributed by atoms with van der Waals surface area (Å²) in [5.41, 5.74) is 3.27. The van der Waals surface area contributed by atoms with Crippen molar-refractivity contribution in [2.75, 3.05) is 5.32 Å². The van der Waals surface area contributed by atoms with Crippen LogP contribution >= 0.6 is 0 Å². The number of hydrogen-bond donors (Lipinski definition) is 1. The Kier molecular flexibility index (Phi) is 3.99. The Hall–Kier alpha value is -2.42. The van der Waals surface area contributed by atoms with E-state index in [0.717, 1.165) is 11.1 Å². The molecular weight excluding hydrogens is 250 g/mol. The highest BCUT2D eigenvalue weighted by Crippen LogP contribution is 2.22. The summed E-state index contributed by atoms with van der Waals surface area (Å²) >= 11 is 0. The molecule has 20 heavy (non-hydrogen) atoms. The molecule has 2 aromatic carbocycles. The molecule has 3 heteroatoms. The van der Waals surface area contributed by atoms with Gasteiger partial charge in [0.2, 0.25) is 0 Å². The second-order valence-electron chi connectivity index (χ2n) is 4.69. The standard InChI is InChI=1S/C17H16NO2/c1-11-7-4-5-9-14(11)17(20)18-16-12(2)8-6-10-15(16)13(3)19/h4-10H,3H2,1-2H3,(H,18,20). The zero-order valence-corrected chi connectivity index (χ0v) is 11.6. The molecule has 0 saturated carbocycles. The van der Waals surface area contributed by atoms with Crippen molar-refractivity contribution >= 4 is 17.4 Å². The Bertz CT molecular complexity index is 674. The van der Waals surface area contributed by atoms with Gasteiger partial charge in [-0.05, 0) is 37.1 Å². The molecule has 1 amide bonds. The predicted octanol–water partition coefficient (Wildman–Crippen LogP) is 3.57. The minimum absolute atomic E-state index is 0.222. The van der Waals surface area contributed by atoms with E-state index in [1.165, 1.54) is 0 Å². The summed E-state index contributed by atoms with van der Waals surface area (Å²) in [4.78, 5) is 23.9. The van der Waals surface area contributed by atoms with E-state index >= 15 is 0 Å². The number of benzene rings is 2. The van der Waals surface area contributed by atoms with Gasteiger partial charge in [0.05, 0.1) is 5.69 Å². The van der Waals surface area contributed by atoms with Gasteiger partial charge in [0.25, 0.3) is 5.91 Å². The molecule has 0 saturated heterocycles. The van der Waals surface area contributed by atoms with Gasteiger partial charge in [0, 0.05) is 18.1 Å². The SMILES string of the molecule is [CH2]C(=O)c1cccc(C)c1NC(=O)c1ccccc1C. The van der Waals surface area contributed by atoms with E-state index in [1.54, 1.807) is 18.2 Å². The molecule has 101 valence electrons. The van der Waals surface area contributed by atoms with Crippen LogP contribution in [0.3, 0.4) is 0 Å². The van der Waals surface area contributed by atoms with E-state index in [2.05, 4.69) is 12.2 Å². The highest BCUT2D eigenvalue weighted by molar-refractivity contribution is 6.11. The summed E-state index contributed by atoms with van der Waals surface area (Å²) in [5, 5.41) is 2.82. The van der Waals surface area contributed by atoms with Crippen molar-refractivity contribution in [2.45, 2.75) is 13.8 Å². The fraction of sp³-hybridized carbons (Fsp3) is 0.118. The van der Waals surface area contributed by atoms with E-state index in [0.29, 0.717) is 16.8 Å². The average molecular weight is 266 g/mol. The van der Waals surface area contributed by atoms with E-state index < -0.39 is 0 Å². The minimum atomic E-state index is -0.311. The Morgan fingerprint density at radius 2 is 1.50 bits per heavy atom. The summed E-state index contributed by atoms with van der Waals surface area (Å²) in [6.45, 7) is 7.14. The molecule has 2 rings (SSSR count). The summed E-state index contributed by atoms with van der Waals surface area (Å²) in [7, 11) is 0. The molecule has 0 aliphatic rings. The molecule has 0 aromatic heterocycles. The molecule has 0 aliphatic heterocycles. The summed E-state index contributed by atoms with van der Waals surface area (Å²) in [6, 6.07) is 12.6. The summed E-state index contributed by atoms with van der Waals surface area (Å²) in [6.07, 6.45) is 0. The van der Waals surface area contributed by atoms with Gasteiger partial charge in [-0.1, -0.05) is 30.3 Å². The Morgan fingerprint density at radius 3 is 2.15 bits per heavy atom. The molecule has 1 N–H and O–H groups in total. The molecule has 0 fully saturated rings. The fourth-order valence-electron chi connectivity index (χ4n) is 2.07. The molecule has 0 aliphatic carbocycles. The number of ketones is 1. The maximum absolute atomic E-state index is 12.3. The van der Waals surface area contributed by atoms with Gasteiger partial charge in [-0.3, -0.25) is 9.59 Å². The quantitative estimate of drug-likeness (QED) is 0.863. The van der Waals surface area contributed by atoms with Gasteiger partial charge in [-0.2, -0.15) is 0 Å². The lowest BCUT2D eigenvalue weighted by Gasteiger charge is -2.13. The van der Waals surface area contributed by atoms with Crippen molar-refractivity contribution in [3.63, 3.8) is 0 Å². The van der Waals surface area contributed by atoms with Crippen molar-refractivity contribution in [1.82, 2.24) is 0 Å². The van der Waals surface area contributed by atoms with E-state index in [4.69, 9.17) is 0 Å². The van der Waals surface area contributed by atoms with E-state index in [-0.39, 0.29) is 11.7 Å². The molecule has 0 bridgehead atoms. The number of hydrogen-bond acceptors (Lipinski definition) is 2. The van der Waals surface area contributed by atoms with Crippen LogP contribution in [0, 0.1) is 20.8 Å². The third kappa shape index (κ3) is 2.77. The Morgan fingerprint density at radius 1 is 0.900 bits per heavy atom. The van der Waals surface area contributed by atoms with Gasteiger partial charge >= 0.3 is 0 Å². The minimum Gasteiger partial charge on any atom is -0.321 e. The second-order valence-corrected chi connectivity index (χ2v) is 4.69. The van der Waals surface area contributed by atoms with Crippen molar-refractivity contribution in [3.8, 4) is 0 Å². The molecule has 0 heterocycles. The van der Waals surface area contributed by atoms with Crippen molar-refractivity contribution in [3.05, 3.63) is 71.6 Å². The molecule has 0 unspecified atom stereocenters. The summed E-state index contributed by atoms with van der Waals surface area (Å²) < 4.78 is 0. The fourth-order valence-corrected chi connectivity index (χ4v) is 2.07. The van der Waals surface area contributed by atoms with Gasteiger partial charge < -0.3 is 5.32 Å². The third-order valence-corrected chi connectivity index (χ3v) is 3.20. The lowest BCUT2D eigenvalue weighted by molar-refractivity contribution is 0.102. The zero-order valence-electron chi connectivity index (χ0n) is 11.6. The van der Waals surface area contributed by atoms with Crippen LogP contribution in [0.5, 0.6) is 0 Å². The number of carbonyl (C=O) groups is 2. The first kappa shape index (κ1) is 14.0. The van der Waals surface area contributed by atoms with Crippen LogP contribution in [0.4, 0.5) is 5.69 Å². The van der Waals surface area contributed by atoms with Gasteiger partial charge in [-0.25, -0.2) is 0 Å². The molecule has 3 nitrogen and oxygen atoms in total. The number of carbonyl (C=O) groups excluding carboxylic acids is 2. The largest absolute Gasteiger partial charge is 0.321 e. The number of para-hydroxylation sites is 1. The molecule has 1 radical (unpaired) electrons. The maximum atomic E-state index is 12.3. The topological polar surface area (TPSA) is 46.2 Å².